The van der Waals surface area contributed by atoms with E-state index in [4.69, 9.17) is 16.0 Å². The van der Waals surface area contributed by atoms with Crippen LogP contribution in [-0.2, 0) is 10.0 Å². The Kier molecular flexibility index (Phi) is 6.60. The first-order valence-electron chi connectivity index (χ1n) is 10.4. The van der Waals surface area contributed by atoms with Crippen molar-refractivity contribution in [1.82, 2.24) is 10.3 Å². The molecule has 0 aliphatic rings. The number of fused-ring (bicyclic) bond motifs is 1. The molecular formula is C24H19ClFN3O5S. The van der Waals surface area contributed by atoms with Crippen LogP contribution in [0.15, 0.2) is 52.9 Å². The number of carbonyl (C=O) groups excluding carboxylic acids is 2. The molecule has 8 nitrogen and oxygen atoms in total. The fourth-order valence-electron chi connectivity index (χ4n) is 3.52. The monoisotopic (exact) mass is 515 g/mol. The normalized spacial score (nSPS) is 11.4. The first kappa shape index (κ1) is 24.4. The Morgan fingerprint density at radius 3 is 2.49 bits per heavy atom. The van der Waals surface area contributed by atoms with Gasteiger partial charge >= 0.3 is 0 Å². The van der Waals surface area contributed by atoms with Gasteiger partial charge in [-0.05, 0) is 49.4 Å². The van der Waals surface area contributed by atoms with Crippen LogP contribution in [0.4, 0.5) is 10.1 Å². The molecule has 180 valence electrons. The van der Waals surface area contributed by atoms with Crippen molar-refractivity contribution in [2.24, 2.45) is 0 Å². The van der Waals surface area contributed by atoms with E-state index in [-0.39, 0.29) is 44.8 Å². The summed E-state index contributed by atoms with van der Waals surface area (Å²) >= 11 is 6.12. The maximum Gasteiger partial charge on any atom is 0.255 e. The van der Waals surface area contributed by atoms with Crippen LogP contribution in [0, 0.1) is 5.82 Å². The number of aldehydes is 1. The van der Waals surface area contributed by atoms with Crippen molar-refractivity contribution in [1.29, 1.82) is 0 Å². The predicted molar refractivity (Wildman–Crippen MR) is 132 cm³/mol. The molecule has 0 radical (unpaired) electrons. The zero-order valence-corrected chi connectivity index (χ0v) is 20.1. The van der Waals surface area contributed by atoms with Gasteiger partial charge in [-0.25, -0.2) is 17.8 Å². The summed E-state index contributed by atoms with van der Waals surface area (Å²) in [5.41, 5.74) is 1.74. The number of hydrogen-bond donors (Lipinski definition) is 2. The van der Waals surface area contributed by atoms with Crippen molar-refractivity contribution in [3.8, 4) is 22.6 Å². The molecule has 0 aliphatic carbocycles. The summed E-state index contributed by atoms with van der Waals surface area (Å²) in [6.07, 6.45) is 0.553. The minimum atomic E-state index is -3.71. The van der Waals surface area contributed by atoms with Crippen molar-refractivity contribution in [3.63, 3.8) is 0 Å². The SMILES string of the molecule is CCS(=O)(=O)Nc1cc2oc(-c3ccc(F)cc3)c(C(=O)NC)c2cc1-c1ccc(C=O)c(Cl)n1. The lowest BCUT2D eigenvalue weighted by atomic mass is 10.0. The number of sulfonamides is 1. The highest BCUT2D eigenvalue weighted by Crippen LogP contribution is 2.40. The maximum atomic E-state index is 13.5. The fourth-order valence-corrected chi connectivity index (χ4v) is 4.36. The molecule has 0 aliphatic heterocycles. The Bertz CT molecular complexity index is 1570. The molecule has 0 fully saturated rings. The second-order valence-corrected chi connectivity index (χ2v) is 9.86. The summed E-state index contributed by atoms with van der Waals surface area (Å²) in [4.78, 5) is 28.3. The lowest BCUT2D eigenvalue weighted by Crippen LogP contribution is -2.18. The Labute approximate surface area is 205 Å². The number of rotatable bonds is 7. The summed E-state index contributed by atoms with van der Waals surface area (Å²) < 4.78 is 46.8. The molecule has 1 amide bonds. The number of carbonyl (C=O) groups is 2. The van der Waals surface area contributed by atoms with E-state index in [9.17, 15) is 22.4 Å². The van der Waals surface area contributed by atoms with E-state index in [1.165, 1.54) is 56.4 Å². The number of nitrogens with one attached hydrogen (secondary N) is 2. The van der Waals surface area contributed by atoms with Crippen LogP contribution in [0.2, 0.25) is 5.15 Å². The number of aromatic nitrogens is 1. The van der Waals surface area contributed by atoms with E-state index in [0.29, 0.717) is 22.8 Å². The third-order valence-corrected chi connectivity index (χ3v) is 6.91. The second kappa shape index (κ2) is 9.47. The smallest absolute Gasteiger partial charge is 0.255 e. The van der Waals surface area contributed by atoms with Crippen molar-refractivity contribution in [2.75, 3.05) is 17.5 Å². The summed E-state index contributed by atoms with van der Waals surface area (Å²) in [5, 5.41) is 2.87. The van der Waals surface area contributed by atoms with E-state index in [0.717, 1.165) is 0 Å². The molecule has 0 saturated carbocycles. The number of amides is 1. The largest absolute Gasteiger partial charge is 0.455 e. The molecule has 2 N–H and O–H groups in total. The quantitative estimate of drug-likeness (QED) is 0.267. The molecule has 0 saturated heterocycles. The molecule has 4 rings (SSSR count). The van der Waals surface area contributed by atoms with E-state index in [2.05, 4.69) is 15.0 Å². The Morgan fingerprint density at radius 2 is 1.89 bits per heavy atom. The number of hydrogen-bond acceptors (Lipinski definition) is 6. The number of anilines is 1. The van der Waals surface area contributed by atoms with Crippen LogP contribution >= 0.6 is 11.6 Å². The van der Waals surface area contributed by atoms with Crippen LogP contribution in [0.25, 0.3) is 33.6 Å². The van der Waals surface area contributed by atoms with E-state index in [1.807, 2.05) is 0 Å². The van der Waals surface area contributed by atoms with E-state index >= 15 is 0 Å². The highest BCUT2D eigenvalue weighted by molar-refractivity contribution is 7.92. The minimum Gasteiger partial charge on any atom is -0.455 e. The molecule has 2 heterocycles. The molecule has 0 spiro atoms. The van der Waals surface area contributed by atoms with Gasteiger partial charge in [-0.3, -0.25) is 14.3 Å². The zero-order valence-electron chi connectivity index (χ0n) is 18.6. The standard InChI is InChI=1S/C24H19ClFN3O5S/c1-3-35(32,33)29-19-11-20-17(10-16(19)18-9-6-14(12-30)23(25)28-18)21(24(31)27-2)22(34-20)13-4-7-15(26)8-5-13/h4-12,29H,3H2,1-2H3,(H,27,31). The molecule has 35 heavy (non-hydrogen) atoms. The van der Waals surface area contributed by atoms with E-state index in [1.54, 1.807) is 6.07 Å². The molecule has 0 bridgehead atoms. The van der Waals surface area contributed by atoms with Gasteiger partial charge in [0.2, 0.25) is 10.0 Å². The number of halogens is 2. The number of nitrogens with zero attached hydrogens (tertiary/aromatic N) is 1. The summed E-state index contributed by atoms with van der Waals surface area (Å²) in [6.45, 7) is 1.48. The Hall–Kier alpha value is -3.76. The van der Waals surface area contributed by atoms with Crippen LogP contribution < -0.4 is 10.0 Å². The molecule has 2 aromatic carbocycles. The zero-order chi connectivity index (χ0) is 25.3. The molecule has 0 atom stereocenters. The van der Waals surface area contributed by atoms with Crippen LogP contribution in [0.3, 0.4) is 0 Å². The number of benzene rings is 2. The number of pyridine rings is 1. The molecule has 2 aromatic heterocycles. The molecule has 0 unspecified atom stereocenters. The maximum absolute atomic E-state index is 13.5. The first-order chi connectivity index (χ1) is 16.7. The third kappa shape index (κ3) is 4.75. The van der Waals surface area contributed by atoms with Crippen molar-refractivity contribution >= 4 is 50.5 Å². The summed E-state index contributed by atoms with van der Waals surface area (Å²) in [6, 6.07) is 11.4. The fraction of sp³-hybridized carbons (Fsp3) is 0.125. The molecular weight excluding hydrogens is 497 g/mol. The van der Waals surface area contributed by atoms with Gasteiger partial charge in [0, 0.05) is 29.6 Å². The van der Waals surface area contributed by atoms with Gasteiger partial charge in [-0.1, -0.05) is 11.6 Å². The minimum absolute atomic E-state index is 0.0624. The topological polar surface area (TPSA) is 118 Å². The second-order valence-electron chi connectivity index (χ2n) is 7.49. The lowest BCUT2D eigenvalue weighted by Gasteiger charge is -2.13. The number of furan rings is 1. The predicted octanol–water partition coefficient (Wildman–Crippen LogP) is 4.89. The van der Waals surface area contributed by atoms with Gasteiger partial charge in [-0.2, -0.15) is 0 Å². The Balaban J connectivity index is 2.04. The van der Waals surface area contributed by atoms with Gasteiger partial charge in [-0.15, -0.1) is 0 Å². The summed E-state index contributed by atoms with van der Waals surface area (Å²) in [5.74, 6) is -0.918. The average molecular weight is 516 g/mol. The highest BCUT2D eigenvalue weighted by atomic mass is 35.5. The first-order valence-corrected chi connectivity index (χ1v) is 12.4. The highest BCUT2D eigenvalue weighted by Gasteiger charge is 2.25. The van der Waals surface area contributed by atoms with Gasteiger partial charge in [0.05, 0.1) is 28.3 Å². The van der Waals surface area contributed by atoms with Gasteiger partial charge in [0.15, 0.2) is 6.29 Å². The van der Waals surface area contributed by atoms with Gasteiger partial charge in [0.25, 0.3) is 5.91 Å². The van der Waals surface area contributed by atoms with Crippen molar-refractivity contribution < 1.29 is 26.8 Å². The van der Waals surface area contributed by atoms with Crippen LogP contribution in [-0.4, -0.2) is 38.4 Å². The molecule has 4 aromatic rings. The molecule has 11 heteroatoms. The van der Waals surface area contributed by atoms with E-state index < -0.39 is 21.7 Å². The summed E-state index contributed by atoms with van der Waals surface area (Å²) in [7, 11) is -2.25. The van der Waals surface area contributed by atoms with Crippen molar-refractivity contribution in [2.45, 2.75) is 6.92 Å². The van der Waals surface area contributed by atoms with Crippen LogP contribution in [0.5, 0.6) is 0 Å². The van der Waals surface area contributed by atoms with Gasteiger partial charge in [0.1, 0.15) is 22.3 Å². The lowest BCUT2D eigenvalue weighted by molar-refractivity contribution is 0.0964. The Morgan fingerprint density at radius 1 is 1.17 bits per heavy atom. The van der Waals surface area contributed by atoms with Crippen molar-refractivity contribution in [3.05, 3.63) is 70.6 Å². The van der Waals surface area contributed by atoms with Crippen LogP contribution in [0.1, 0.15) is 27.6 Å². The third-order valence-electron chi connectivity index (χ3n) is 5.31. The average Bonchev–Trinajstić information content (AvgIpc) is 3.21. The van der Waals surface area contributed by atoms with Gasteiger partial charge < -0.3 is 9.73 Å².